The Hall–Kier alpha value is -1.57. The van der Waals surface area contributed by atoms with Crippen molar-refractivity contribution in [3.63, 3.8) is 0 Å². The van der Waals surface area contributed by atoms with E-state index in [9.17, 15) is 23.8 Å². The lowest BCUT2D eigenvalue weighted by atomic mass is 9.90. The minimum absolute atomic E-state index is 0.181. The monoisotopic (exact) mass is 357 g/mol. The maximum Gasteiger partial charge on any atom is 0.251 e. The summed E-state index contributed by atoms with van der Waals surface area (Å²) in [6, 6.07) is 3.60. The lowest BCUT2D eigenvalue weighted by molar-refractivity contribution is -0.143. The van der Waals surface area contributed by atoms with Crippen molar-refractivity contribution in [2.24, 2.45) is 5.92 Å². The third kappa shape index (κ3) is 5.73. The minimum atomic E-state index is -1.31. The number of aliphatic hydroxyl groups is 3. The molecule has 5 nitrogen and oxygen atoms in total. The summed E-state index contributed by atoms with van der Waals surface area (Å²) in [5.41, 5.74) is 0.494. The van der Waals surface area contributed by atoms with Crippen LogP contribution in [0.5, 0.6) is 0 Å². The summed E-state index contributed by atoms with van der Waals surface area (Å²) in [4.78, 5) is 13.7. The molecule has 140 valence electrons. The molecule has 0 aliphatic carbocycles. The molecule has 1 fully saturated rings. The fraction of sp³-hybridized carbons (Fsp3) is 0.611. The summed E-state index contributed by atoms with van der Waals surface area (Å²) in [5, 5.41) is 27.9. The van der Waals surface area contributed by atoms with E-state index in [0.717, 1.165) is 25.3 Å². The second-order valence-corrected chi connectivity index (χ2v) is 6.63. The molecule has 1 saturated heterocycles. The Morgan fingerprint density at radius 1 is 1.24 bits per heavy atom. The molecule has 1 amide bonds. The summed E-state index contributed by atoms with van der Waals surface area (Å²) in [6.45, 7) is 0.510. The number of hydrogen-bond donors (Lipinski definition) is 3. The van der Waals surface area contributed by atoms with Crippen LogP contribution in [0.25, 0.3) is 0 Å². The van der Waals surface area contributed by atoms with Gasteiger partial charge in [-0.25, -0.2) is 8.78 Å². The van der Waals surface area contributed by atoms with Crippen LogP contribution >= 0.6 is 0 Å². The van der Waals surface area contributed by atoms with Crippen molar-refractivity contribution >= 4 is 5.91 Å². The Balaban J connectivity index is 1.76. The van der Waals surface area contributed by atoms with E-state index in [1.165, 1.54) is 12.1 Å². The SMILES string of the molecule is O=C(C(O)CC(O)CO)N1CCC(CCc2ccc(F)cc2F)CC1. The van der Waals surface area contributed by atoms with Crippen molar-refractivity contribution in [1.82, 2.24) is 4.90 Å². The smallest absolute Gasteiger partial charge is 0.251 e. The second-order valence-electron chi connectivity index (χ2n) is 6.63. The van der Waals surface area contributed by atoms with Gasteiger partial charge in [-0.05, 0) is 43.2 Å². The Labute approximate surface area is 145 Å². The van der Waals surface area contributed by atoms with Crippen LogP contribution < -0.4 is 0 Å². The summed E-state index contributed by atoms with van der Waals surface area (Å²) in [5.74, 6) is -1.21. The third-order valence-electron chi connectivity index (χ3n) is 4.75. The van der Waals surface area contributed by atoms with Crippen LogP contribution in [0.3, 0.4) is 0 Å². The van der Waals surface area contributed by atoms with Gasteiger partial charge in [0.2, 0.25) is 0 Å². The Bertz CT molecular complexity index is 576. The number of amides is 1. The number of halogens is 2. The Kier molecular flexibility index (Phi) is 7.28. The van der Waals surface area contributed by atoms with Crippen molar-refractivity contribution in [3.8, 4) is 0 Å². The highest BCUT2D eigenvalue weighted by Gasteiger charge is 2.28. The summed E-state index contributed by atoms with van der Waals surface area (Å²) in [7, 11) is 0. The standard InChI is InChI=1S/C18H25F2NO4/c19-14-4-3-13(16(20)9-14)2-1-12-5-7-21(8-6-12)18(25)17(24)10-15(23)11-22/h3-4,9,12,15,17,22-24H,1-2,5-8,10-11H2. The highest BCUT2D eigenvalue weighted by molar-refractivity contribution is 5.80. The highest BCUT2D eigenvalue weighted by atomic mass is 19.1. The predicted octanol–water partition coefficient (Wildman–Crippen LogP) is 1.24. The van der Waals surface area contributed by atoms with E-state index < -0.39 is 36.4 Å². The first-order valence-electron chi connectivity index (χ1n) is 8.60. The van der Waals surface area contributed by atoms with Crippen molar-refractivity contribution in [3.05, 3.63) is 35.4 Å². The molecule has 1 aliphatic rings. The largest absolute Gasteiger partial charge is 0.394 e. The lowest BCUT2D eigenvalue weighted by Crippen LogP contribution is -2.45. The van der Waals surface area contributed by atoms with Crippen LogP contribution in [0.2, 0.25) is 0 Å². The van der Waals surface area contributed by atoms with Gasteiger partial charge in [-0.1, -0.05) is 6.07 Å². The molecule has 0 aromatic heterocycles. The molecule has 0 radical (unpaired) electrons. The summed E-state index contributed by atoms with van der Waals surface area (Å²) < 4.78 is 26.5. The first-order valence-corrected chi connectivity index (χ1v) is 8.60. The van der Waals surface area contributed by atoms with E-state index in [4.69, 9.17) is 5.11 Å². The quantitative estimate of drug-likeness (QED) is 0.686. The van der Waals surface area contributed by atoms with Gasteiger partial charge in [0.15, 0.2) is 0 Å². The number of aliphatic hydroxyl groups excluding tert-OH is 3. The van der Waals surface area contributed by atoms with Crippen molar-refractivity contribution in [1.29, 1.82) is 0 Å². The van der Waals surface area contributed by atoms with E-state index in [2.05, 4.69) is 0 Å². The molecule has 0 bridgehead atoms. The Morgan fingerprint density at radius 2 is 1.92 bits per heavy atom. The maximum atomic E-state index is 13.6. The van der Waals surface area contributed by atoms with E-state index in [0.29, 0.717) is 31.0 Å². The number of carbonyl (C=O) groups excluding carboxylic acids is 1. The summed E-state index contributed by atoms with van der Waals surface area (Å²) >= 11 is 0. The molecule has 1 aliphatic heterocycles. The molecule has 0 saturated carbocycles. The molecular formula is C18H25F2NO4. The van der Waals surface area contributed by atoms with Gasteiger partial charge < -0.3 is 20.2 Å². The van der Waals surface area contributed by atoms with E-state index in [1.54, 1.807) is 4.90 Å². The fourth-order valence-electron chi connectivity index (χ4n) is 3.17. The zero-order valence-corrected chi connectivity index (χ0v) is 14.1. The first-order chi connectivity index (χ1) is 11.9. The van der Waals surface area contributed by atoms with Gasteiger partial charge in [-0.15, -0.1) is 0 Å². The number of nitrogens with zero attached hydrogens (tertiary/aromatic N) is 1. The molecule has 2 rings (SSSR count). The molecule has 1 aromatic rings. The number of benzene rings is 1. The maximum absolute atomic E-state index is 13.6. The van der Waals surface area contributed by atoms with Gasteiger partial charge in [0, 0.05) is 25.6 Å². The average Bonchev–Trinajstić information content (AvgIpc) is 2.60. The molecule has 1 aromatic carbocycles. The van der Waals surface area contributed by atoms with Crippen LogP contribution in [0.4, 0.5) is 8.78 Å². The topological polar surface area (TPSA) is 81.0 Å². The third-order valence-corrected chi connectivity index (χ3v) is 4.75. The van der Waals surface area contributed by atoms with Crippen molar-refractivity contribution in [2.75, 3.05) is 19.7 Å². The van der Waals surface area contributed by atoms with Crippen LogP contribution in [0.15, 0.2) is 18.2 Å². The highest BCUT2D eigenvalue weighted by Crippen LogP contribution is 2.24. The van der Waals surface area contributed by atoms with Gasteiger partial charge in [0.05, 0.1) is 12.7 Å². The average molecular weight is 357 g/mol. The van der Waals surface area contributed by atoms with Gasteiger partial charge in [0.25, 0.3) is 5.91 Å². The number of piperidine rings is 1. The second kappa shape index (κ2) is 9.22. The predicted molar refractivity (Wildman–Crippen MR) is 87.7 cm³/mol. The minimum Gasteiger partial charge on any atom is -0.394 e. The van der Waals surface area contributed by atoms with E-state index in [1.807, 2.05) is 0 Å². The van der Waals surface area contributed by atoms with Gasteiger partial charge >= 0.3 is 0 Å². The fourth-order valence-corrected chi connectivity index (χ4v) is 3.17. The van der Waals surface area contributed by atoms with E-state index >= 15 is 0 Å². The summed E-state index contributed by atoms with van der Waals surface area (Å²) in [6.07, 6.45) is 0.188. The molecule has 25 heavy (non-hydrogen) atoms. The number of rotatable bonds is 7. The van der Waals surface area contributed by atoms with Crippen LogP contribution in [-0.4, -0.2) is 58.0 Å². The number of carbonyl (C=O) groups is 1. The van der Waals surface area contributed by atoms with Crippen molar-refractivity contribution < 1.29 is 28.9 Å². The molecule has 0 spiro atoms. The van der Waals surface area contributed by atoms with Crippen LogP contribution in [0.1, 0.15) is 31.2 Å². The molecular weight excluding hydrogens is 332 g/mol. The molecule has 1 heterocycles. The molecule has 2 unspecified atom stereocenters. The zero-order chi connectivity index (χ0) is 18.4. The number of hydrogen-bond acceptors (Lipinski definition) is 4. The van der Waals surface area contributed by atoms with Gasteiger partial charge in [-0.2, -0.15) is 0 Å². The van der Waals surface area contributed by atoms with E-state index in [-0.39, 0.29) is 6.42 Å². The molecule has 3 N–H and O–H groups in total. The lowest BCUT2D eigenvalue weighted by Gasteiger charge is -2.33. The number of aryl methyl sites for hydroxylation is 1. The van der Waals surface area contributed by atoms with Gasteiger partial charge in [0.1, 0.15) is 17.7 Å². The van der Waals surface area contributed by atoms with Crippen molar-refractivity contribution in [2.45, 2.75) is 44.3 Å². The van der Waals surface area contributed by atoms with Crippen LogP contribution in [-0.2, 0) is 11.2 Å². The normalized spacial score (nSPS) is 18.2. The molecule has 2 atom stereocenters. The van der Waals surface area contributed by atoms with Crippen LogP contribution in [0, 0.1) is 17.6 Å². The van der Waals surface area contributed by atoms with Gasteiger partial charge in [-0.3, -0.25) is 4.79 Å². The number of likely N-dealkylation sites (tertiary alicyclic amines) is 1. The molecule has 7 heteroatoms. The first kappa shape index (κ1) is 19.8. The Morgan fingerprint density at radius 3 is 2.52 bits per heavy atom. The zero-order valence-electron chi connectivity index (χ0n) is 14.1.